The molecule has 0 aromatic rings. The summed E-state index contributed by atoms with van der Waals surface area (Å²) in [5.74, 6) is -0.185. The first-order valence-corrected chi connectivity index (χ1v) is 26.5. The van der Waals surface area contributed by atoms with Gasteiger partial charge in [-0.2, -0.15) is 0 Å². The van der Waals surface area contributed by atoms with Crippen LogP contribution < -0.4 is 5.32 Å². The first kappa shape index (κ1) is 58.5. The van der Waals surface area contributed by atoms with Crippen molar-refractivity contribution in [3.05, 3.63) is 48.6 Å². The van der Waals surface area contributed by atoms with Crippen LogP contribution in [0.3, 0.4) is 0 Å². The van der Waals surface area contributed by atoms with Crippen LogP contribution in [0, 0.1) is 0 Å². The summed E-state index contributed by atoms with van der Waals surface area (Å²) in [6.07, 6.45) is 54.6. The maximum Gasteiger partial charge on any atom is 0.472 e. The molecule has 0 bridgehead atoms. The molecule has 0 aromatic heterocycles. The van der Waals surface area contributed by atoms with Crippen molar-refractivity contribution in [1.82, 2.24) is 5.32 Å². The first-order valence-electron chi connectivity index (χ1n) is 25.0. The standard InChI is InChI=1S/C51H97N2O6P/c1-6-8-10-12-14-16-18-20-22-23-24-25-26-27-28-29-31-33-35-37-39-41-43-45-51(55)52-49(48-59-60(56,57)58-47-46-53(3,4)5)50(54)44-42-40-38-36-34-32-30-21-19-17-15-13-11-9-7-2/h18,20,23-24,26-27,42,44,49-50,54H,6-17,19,21-22,25,28-41,43,45-48H2,1-5H3,(H-,52,55,56,57)/p+1/b20-18-,24-23-,27-26-,44-42+. The van der Waals surface area contributed by atoms with Gasteiger partial charge in [-0.05, 0) is 57.8 Å². The Morgan fingerprint density at radius 2 is 0.950 bits per heavy atom. The Bertz CT molecular complexity index is 1120. The van der Waals surface area contributed by atoms with Gasteiger partial charge in [-0.25, -0.2) is 4.57 Å². The summed E-state index contributed by atoms with van der Waals surface area (Å²) >= 11 is 0. The summed E-state index contributed by atoms with van der Waals surface area (Å²) in [7, 11) is 1.56. The highest BCUT2D eigenvalue weighted by molar-refractivity contribution is 7.47. The molecule has 8 nitrogen and oxygen atoms in total. The van der Waals surface area contributed by atoms with E-state index in [1.165, 1.54) is 141 Å². The number of quaternary nitrogens is 1. The molecule has 1 amide bonds. The van der Waals surface area contributed by atoms with Crippen molar-refractivity contribution < 1.29 is 32.9 Å². The molecule has 9 heteroatoms. The van der Waals surface area contributed by atoms with Gasteiger partial charge in [0.25, 0.3) is 0 Å². The van der Waals surface area contributed by atoms with Crippen LogP contribution in [0.15, 0.2) is 48.6 Å². The Hall–Kier alpha value is -1.54. The van der Waals surface area contributed by atoms with Crippen molar-refractivity contribution in [2.75, 3.05) is 40.9 Å². The van der Waals surface area contributed by atoms with E-state index < -0.39 is 20.0 Å². The quantitative estimate of drug-likeness (QED) is 0.0244. The molecular formula is C51H98N2O6P+. The molecule has 0 fully saturated rings. The van der Waals surface area contributed by atoms with E-state index in [1.54, 1.807) is 6.08 Å². The van der Waals surface area contributed by atoms with E-state index in [4.69, 9.17) is 9.05 Å². The van der Waals surface area contributed by atoms with Crippen molar-refractivity contribution in [2.45, 2.75) is 231 Å². The minimum atomic E-state index is -4.34. The molecule has 0 aromatic carbocycles. The topological polar surface area (TPSA) is 105 Å². The van der Waals surface area contributed by atoms with E-state index in [9.17, 15) is 19.4 Å². The van der Waals surface area contributed by atoms with Crippen LogP contribution in [0.2, 0.25) is 0 Å². The lowest BCUT2D eigenvalue weighted by molar-refractivity contribution is -0.870. The number of hydrogen-bond donors (Lipinski definition) is 3. The molecule has 3 N–H and O–H groups in total. The van der Waals surface area contributed by atoms with Crippen molar-refractivity contribution in [3.8, 4) is 0 Å². The van der Waals surface area contributed by atoms with Crippen LogP contribution in [0.5, 0.6) is 0 Å². The molecular weight excluding hydrogens is 768 g/mol. The normalized spacial score (nSPS) is 14.6. The number of nitrogens with zero attached hydrogens (tertiary/aromatic N) is 1. The number of amides is 1. The zero-order chi connectivity index (χ0) is 44.3. The Labute approximate surface area is 371 Å². The fourth-order valence-electron chi connectivity index (χ4n) is 7.05. The highest BCUT2D eigenvalue weighted by Crippen LogP contribution is 2.43. The Balaban J connectivity index is 4.33. The molecule has 0 aliphatic rings. The molecule has 3 unspecified atom stereocenters. The zero-order valence-corrected chi connectivity index (χ0v) is 40.8. The van der Waals surface area contributed by atoms with Crippen molar-refractivity contribution in [3.63, 3.8) is 0 Å². The number of aliphatic hydroxyl groups is 1. The average Bonchev–Trinajstić information content (AvgIpc) is 3.20. The second kappa shape index (κ2) is 42.7. The van der Waals surface area contributed by atoms with Crippen LogP contribution >= 0.6 is 7.82 Å². The third-order valence-electron chi connectivity index (χ3n) is 11.0. The van der Waals surface area contributed by atoms with Crippen LogP contribution in [0.25, 0.3) is 0 Å². The van der Waals surface area contributed by atoms with Gasteiger partial charge in [0.1, 0.15) is 13.2 Å². The second-order valence-electron chi connectivity index (χ2n) is 18.2. The van der Waals surface area contributed by atoms with E-state index >= 15 is 0 Å². The maximum atomic E-state index is 12.9. The van der Waals surface area contributed by atoms with Crippen LogP contribution in [0.4, 0.5) is 0 Å². The number of carbonyl (C=O) groups excluding carboxylic acids is 1. The lowest BCUT2D eigenvalue weighted by Crippen LogP contribution is -2.45. The number of allylic oxidation sites excluding steroid dienone is 7. The van der Waals surface area contributed by atoms with E-state index in [1.807, 2.05) is 27.2 Å². The SMILES string of the molecule is CCCCCCC/C=C\C/C=C\C/C=C\CCCCCCCCCCC(=O)NC(COP(=O)(O)OCC[N+](C)(C)C)C(O)/C=C/CCCCCCCCCCCCCCC. The number of carbonyl (C=O) groups is 1. The molecule has 0 rings (SSSR count). The molecule has 0 aliphatic heterocycles. The number of phosphoric ester groups is 1. The van der Waals surface area contributed by atoms with Gasteiger partial charge in [-0.3, -0.25) is 13.8 Å². The fraction of sp³-hybridized carbons (Fsp3) is 0.824. The molecule has 0 aliphatic carbocycles. The van der Waals surface area contributed by atoms with Crippen molar-refractivity contribution in [1.29, 1.82) is 0 Å². The second-order valence-corrected chi connectivity index (χ2v) is 19.6. The van der Waals surface area contributed by atoms with Gasteiger partial charge in [-0.15, -0.1) is 0 Å². The minimum Gasteiger partial charge on any atom is -0.387 e. The highest BCUT2D eigenvalue weighted by atomic mass is 31.2. The van der Waals surface area contributed by atoms with E-state index in [-0.39, 0.29) is 19.1 Å². The molecule has 352 valence electrons. The number of aliphatic hydroxyl groups excluding tert-OH is 1. The summed E-state index contributed by atoms with van der Waals surface area (Å²) in [5, 5.41) is 13.9. The van der Waals surface area contributed by atoms with Gasteiger partial charge >= 0.3 is 7.82 Å². The lowest BCUT2D eigenvalue weighted by Gasteiger charge is -2.25. The van der Waals surface area contributed by atoms with Gasteiger partial charge in [0.2, 0.25) is 5.91 Å². The van der Waals surface area contributed by atoms with Gasteiger partial charge in [-0.1, -0.05) is 204 Å². The van der Waals surface area contributed by atoms with Gasteiger partial charge < -0.3 is 19.8 Å². The Morgan fingerprint density at radius 3 is 1.38 bits per heavy atom. The third kappa shape index (κ3) is 44.5. The summed E-state index contributed by atoms with van der Waals surface area (Å²) in [6.45, 7) is 4.80. The Kier molecular flexibility index (Phi) is 41.6. The summed E-state index contributed by atoms with van der Waals surface area (Å²) in [5.41, 5.74) is 0. The monoisotopic (exact) mass is 866 g/mol. The average molecular weight is 866 g/mol. The lowest BCUT2D eigenvalue weighted by atomic mass is 10.0. The maximum absolute atomic E-state index is 12.9. The van der Waals surface area contributed by atoms with E-state index in [0.29, 0.717) is 17.4 Å². The summed E-state index contributed by atoms with van der Waals surface area (Å²) < 4.78 is 23.6. The largest absolute Gasteiger partial charge is 0.472 e. The molecule has 3 atom stereocenters. The molecule has 60 heavy (non-hydrogen) atoms. The predicted molar refractivity (Wildman–Crippen MR) is 258 cm³/mol. The minimum absolute atomic E-state index is 0.0587. The number of phosphoric acid groups is 1. The summed E-state index contributed by atoms with van der Waals surface area (Å²) in [4.78, 5) is 23.2. The molecule has 0 heterocycles. The molecule has 0 spiro atoms. The number of hydrogen-bond acceptors (Lipinski definition) is 5. The van der Waals surface area contributed by atoms with Gasteiger partial charge in [0.15, 0.2) is 0 Å². The van der Waals surface area contributed by atoms with Gasteiger partial charge in [0, 0.05) is 6.42 Å². The molecule has 0 saturated carbocycles. The van der Waals surface area contributed by atoms with Crippen LogP contribution in [-0.2, 0) is 18.4 Å². The van der Waals surface area contributed by atoms with E-state index in [0.717, 1.165) is 57.8 Å². The Morgan fingerprint density at radius 1 is 0.567 bits per heavy atom. The van der Waals surface area contributed by atoms with Crippen molar-refractivity contribution >= 4 is 13.7 Å². The van der Waals surface area contributed by atoms with Crippen LogP contribution in [0.1, 0.15) is 219 Å². The summed E-state index contributed by atoms with van der Waals surface area (Å²) in [6, 6.07) is -0.851. The first-order chi connectivity index (χ1) is 29.0. The number of rotatable bonds is 45. The zero-order valence-electron chi connectivity index (χ0n) is 39.9. The fourth-order valence-corrected chi connectivity index (χ4v) is 7.78. The smallest absolute Gasteiger partial charge is 0.387 e. The number of unbranched alkanes of at least 4 members (excludes halogenated alkanes) is 26. The highest BCUT2D eigenvalue weighted by Gasteiger charge is 2.27. The number of likely N-dealkylation sites (N-methyl/N-ethyl adjacent to an activating group) is 1. The van der Waals surface area contributed by atoms with Gasteiger partial charge in [0.05, 0.1) is 39.9 Å². The third-order valence-corrected chi connectivity index (χ3v) is 12.0. The van der Waals surface area contributed by atoms with Crippen LogP contribution in [-0.4, -0.2) is 73.4 Å². The van der Waals surface area contributed by atoms with E-state index in [2.05, 4.69) is 55.6 Å². The molecule has 0 radical (unpaired) electrons. The number of nitrogens with one attached hydrogen (secondary N) is 1. The van der Waals surface area contributed by atoms with Crippen molar-refractivity contribution in [2.24, 2.45) is 0 Å². The molecule has 0 saturated heterocycles. The predicted octanol–water partition coefficient (Wildman–Crippen LogP) is 14.4.